The maximum atomic E-state index is 12.6. The molecule has 2 rings (SSSR count). The molecule has 0 saturated heterocycles. The second-order valence-corrected chi connectivity index (χ2v) is 7.48. The Kier molecular flexibility index (Phi) is 12.1. The second-order valence-electron chi connectivity index (χ2n) is 7.48. The zero-order chi connectivity index (χ0) is 27.0. The fraction of sp³-hybridized carbons (Fsp3) is 0.241. The van der Waals surface area contributed by atoms with Crippen LogP contribution in [0.2, 0.25) is 0 Å². The predicted molar refractivity (Wildman–Crippen MR) is 141 cm³/mol. The van der Waals surface area contributed by atoms with E-state index in [0.29, 0.717) is 47.3 Å². The van der Waals surface area contributed by atoms with Crippen LogP contribution in [-0.4, -0.2) is 52.1 Å². The molecule has 0 aliphatic carbocycles. The normalized spacial score (nSPS) is 11.2. The molecule has 0 aliphatic rings. The molecule has 0 aliphatic heterocycles. The number of ether oxygens (including phenoxy) is 6. The molecular formula is C29H32O8. The van der Waals surface area contributed by atoms with Gasteiger partial charge in [-0.1, -0.05) is 50.1 Å². The number of benzene rings is 2. The molecule has 1 unspecified atom stereocenters. The Bertz CT molecular complexity index is 1120. The Balaban J connectivity index is 2.18. The van der Waals surface area contributed by atoms with Gasteiger partial charge >= 0.3 is 11.9 Å². The first-order valence-electron chi connectivity index (χ1n) is 11.4. The molecule has 8 nitrogen and oxygen atoms in total. The van der Waals surface area contributed by atoms with E-state index in [1.54, 1.807) is 54.6 Å². The molecule has 0 spiro atoms. The average Bonchev–Trinajstić information content (AvgIpc) is 2.92. The van der Waals surface area contributed by atoms with Crippen molar-refractivity contribution in [3.05, 3.63) is 91.6 Å². The summed E-state index contributed by atoms with van der Waals surface area (Å²) in [6, 6.07) is 10.3. The van der Waals surface area contributed by atoms with E-state index in [-0.39, 0.29) is 13.0 Å². The van der Waals surface area contributed by atoms with Gasteiger partial charge in [-0.25, -0.2) is 9.59 Å². The van der Waals surface area contributed by atoms with Crippen LogP contribution in [-0.2, 0) is 25.5 Å². The number of methoxy groups -OCH3 is 2. The van der Waals surface area contributed by atoms with Gasteiger partial charge in [0.1, 0.15) is 19.8 Å². The largest absolute Gasteiger partial charge is 0.493 e. The van der Waals surface area contributed by atoms with E-state index in [9.17, 15) is 9.59 Å². The van der Waals surface area contributed by atoms with Crippen molar-refractivity contribution in [3.8, 4) is 23.0 Å². The maximum Gasteiger partial charge on any atom is 0.348 e. The molecule has 0 N–H and O–H groups in total. The van der Waals surface area contributed by atoms with E-state index in [1.807, 2.05) is 0 Å². The van der Waals surface area contributed by atoms with Crippen LogP contribution in [0.5, 0.6) is 23.0 Å². The first kappa shape index (κ1) is 28.8. The Morgan fingerprint density at radius 2 is 1.46 bits per heavy atom. The monoisotopic (exact) mass is 508 g/mol. The number of carbonyl (C=O) groups excluding carboxylic acids is 2. The third kappa shape index (κ3) is 9.25. The predicted octanol–water partition coefficient (Wildman–Crippen LogP) is 4.73. The minimum absolute atomic E-state index is 0.0142. The third-order valence-electron chi connectivity index (χ3n) is 4.83. The number of esters is 2. The van der Waals surface area contributed by atoms with Crippen molar-refractivity contribution >= 4 is 18.0 Å². The van der Waals surface area contributed by atoms with Crippen LogP contribution >= 0.6 is 0 Å². The standard InChI is InChI=1S/C29H32O8/c1-6-15-34-24-13-10-22(19-25(24)33-5)20-27(29(31)36-17-8-3)37-28(30)14-11-21-9-12-23(32-4)26(18-21)35-16-7-2/h6-14,18-19,27H,1-3,15-17,20H2,4-5H3/b14-11+. The van der Waals surface area contributed by atoms with Gasteiger partial charge in [-0.2, -0.15) is 0 Å². The van der Waals surface area contributed by atoms with Gasteiger partial charge in [-0.3, -0.25) is 0 Å². The highest BCUT2D eigenvalue weighted by molar-refractivity contribution is 5.89. The van der Waals surface area contributed by atoms with E-state index < -0.39 is 18.0 Å². The molecule has 0 aromatic heterocycles. The van der Waals surface area contributed by atoms with Gasteiger partial charge in [-0.05, 0) is 41.5 Å². The first-order valence-corrected chi connectivity index (χ1v) is 11.4. The molecule has 196 valence electrons. The molecular weight excluding hydrogens is 476 g/mol. The molecule has 0 amide bonds. The van der Waals surface area contributed by atoms with Crippen molar-refractivity contribution in [1.82, 2.24) is 0 Å². The van der Waals surface area contributed by atoms with E-state index in [1.165, 1.54) is 26.4 Å². The van der Waals surface area contributed by atoms with E-state index in [4.69, 9.17) is 28.4 Å². The van der Waals surface area contributed by atoms with Crippen LogP contribution in [0, 0.1) is 0 Å². The summed E-state index contributed by atoms with van der Waals surface area (Å²) in [5.41, 5.74) is 1.35. The molecule has 37 heavy (non-hydrogen) atoms. The van der Waals surface area contributed by atoms with Crippen LogP contribution in [0.4, 0.5) is 0 Å². The smallest absolute Gasteiger partial charge is 0.348 e. The molecule has 2 aromatic rings. The van der Waals surface area contributed by atoms with Crippen molar-refractivity contribution in [1.29, 1.82) is 0 Å². The lowest BCUT2D eigenvalue weighted by Gasteiger charge is -2.17. The Morgan fingerprint density at radius 1 is 0.811 bits per heavy atom. The van der Waals surface area contributed by atoms with Crippen molar-refractivity contribution in [2.45, 2.75) is 12.5 Å². The van der Waals surface area contributed by atoms with Gasteiger partial charge in [0.25, 0.3) is 0 Å². The highest BCUT2D eigenvalue weighted by atomic mass is 16.6. The highest BCUT2D eigenvalue weighted by Crippen LogP contribution is 2.30. The quantitative estimate of drug-likeness (QED) is 0.183. The Hall–Kier alpha value is -4.46. The fourth-order valence-corrected chi connectivity index (χ4v) is 3.13. The number of rotatable bonds is 16. The third-order valence-corrected chi connectivity index (χ3v) is 4.83. The molecule has 0 saturated carbocycles. The Labute approximate surface area is 217 Å². The molecule has 1 atom stereocenters. The highest BCUT2D eigenvalue weighted by Gasteiger charge is 2.25. The van der Waals surface area contributed by atoms with E-state index in [0.717, 1.165) is 0 Å². The lowest BCUT2D eigenvalue weighted by molar-refractivity contribution is -0.164. The van der Waals surface area contributed by atoms with Gasteiger partial charge in [0.05, 0.1) is 14.2 Å². The lowest BCUT2D eigenvalue weighted by Crippen LogP contribution is -2.31. The summed E-state index contributed by atoms with van der Waals surface area (Å²) >= 11 is 0. The summed E-state index contributed by atoms with van der Waals surface area (Å²) in [7, 11) is 3.04. The lowest BCUT2D eigenvalue weighted by atomic mass is 10.1. The van der Waals surface area contributed by atoms with E-state index >= 15 is 0 Å². The zero-order valence-corrected chi connectivity index (χ0v) is 21.1. The van der Waals surface area contributed by atoms with Crippen LogP contribution in [0.1, 0.15) is 11.1 Å². The van der Waals surface area contributed by atoms with Crippen molar-refractivity contribution in [2.24, 2.45) is 0 Å². The summed E-state index contributed by atoms with van der Waals surface area (Å²) in [6.45, 7) is 11.4. The van der Waals surface area contributed by atoms with Gasteiger partial charge < -0.3 is 28.4 Å². The van der Waals surface area contributed by atoms with Crippen LogP contribution in [0.3, 0.4) is 0 Å². The van der Waals surface area contributed by atoms with Crippen molar-refractivity contribution < 1.29 is 38.0 Å². The van der Waals surface area contributed by atoms with Gasteiger partial charge in [-0.15, -0.1) is 0 Å². The number of carbonyl (C=O) groups is 2. The van der Waals surface area contributed by atoms with Crippen LogP contribution in [0.15, 0.2) is 80.4 Å². The zero-order valence-electron chi connectivity index (χ0n) is 21.1. The van der Waals surface area contributed by atoms with Gasteiger partial charge in [0, 0.05) is 12.5 Å². The van der Waals surface area contributed by atoms with Gasteiger partial charge in [0.2, 0.25) is 6.10 Å². The summed E-state index contributed by atoms with van der Waals surface area (Å²) in [5.74, 6) is 0.617. The van der Waals surface area contributed by atoms with Crippen LogP contribution in [0.25, 0.3) is 6.08 Å². The fourth-order valence-electron chi connectivity index (χ4n) is 3.13. The number of hydrogen-bond acceptors (Lipinski definition) is 8. The SMILES string of the molecule is C=CCOC(=O)C(Cc1ccc(OCC=C)c(OC)c1)OC(=O)/C=C/c1ccc(OC)c(OCC=C)c1. The average molecular weight is 509 g/mol. The maximum absolute atomic E-state index is 12.6. The number of hydrogen-bond donors (Lipinski definition) is 0. The summed E-state index contributed by atoms with van der Waals surface area (Å²) < 4.78 is 32.4. The molecule has 0 bridgehead atoms. The molecule has 2 aromatic carbocycles. The van der Waals surface area contributed by atoms with Crippen molar-refractivity contribution in [2.75, 3.05) is 34.0 Å². The molecule has 0 fully saturated rings. The minimum atomic E-state index is -1.19. The minimum Gasteiger partial charge on any atom is -0.493 e. The first-order chi connectivity index (χ1) is 17.9. The summed E-state index contributed by atoms with van der Waals surface area (Å²) in [4.78, 5) is 25.2. The topological polar surface area (TPSA) is 89.5 Å². The molecule has 8 heteroatoms. The Morgan fingerprint density at radius 3 is 2.11 bits per heavy atom. The molecule has 0 radical (unpaired) electrons. The molecule has 0 heterocycles. The van der Waals surface area contributed by atoms with Gasteiger partial charge in [0.15, 0.2) is 23.0 Å². The second kappa shape index (κ2) is 15.5. The van der Waals surface area contributed by atoms with E-state index in [2.05, 4.69) is 19.7 Å². The van der Waals surface area contributed by atoms with Crippen molar-refractivity contribution in [3.63, 3.8) is 0 Å². The summed E-state index contributed by atoms with van der Waals surface area (Å²) in [6.07, 6.45) is 6.30. The summed E-state index contributed by atoms with van der Waals surface area (Å²) in [5, 5.41) is 0. The van der Waals surface area contributed by atoms with Crippen LogP contribution < -0.4 is 18.9 Å².